The fourth-order valence-corrected chi connectivity index (χ4v) is 4.32. The van der Waals surface area contributed by atoms with E-state index in [0.717, 1.165) is 50.2 Å². The molecule has 15 heteroatoms. The molecule has 0 saturated carbocycles. The predicted molar refractivity (Wildman–Crippen MR) is 121 cm³/mol. The van der Waals surface area contributed by atoms with Gasteiger partial charge in [-0.1, -0.05) is 11.6 Å². The summed E-state index contributed by atoms with van der Waals surface area (Å²) in [4.78, 5) is 22.8. The van der Waals surface area contributed by atoms with Crippen molar-refractivity contribution in [2.45, 2.75) is 18.8 Å². The molecule has 2 aliphatic heterocycles. The molecule has 0 aliphatic carbocycles. The topological polar surface area (TPSA) is 99.5 Å². The quantitative estimate of drug-likeness (QED) is 0.501. The Labute approximate surface area is 214 Å². The molecule has 0 radical (unpaired) electrons. The van der Waals surface area contributed by atoms with Crippen LogP contribution in [0.1, 0.15) is 6.42 Å². The van der Waals surface area contributed by atoms with E-state index in [-0.39, 0.29) is 0 Å². The number of hydrogen-bond acceptors (Lipinski definition) is 6. The first kappa shape index (κ1) is 32.7. The van der Waals surface area contributed by atoms with Gasteiger partial charge in [-0.25, -0.2) is 9.59 Å². The molecule has 8 nitrogen and oxygen atoms in total. The van der Waals surface area contributed by atoms with Crippen LogP contribution in [0.2, 0.25) is 5.02 Å². The lowest BCUT2D eigenvalue weighted by Gasteiger charge is -2.30. The Bertz CT molecular complexity index is 847. The number of carboxylic acid groups (broad SMARTS) is 2. The van der Waals surface area contributed by atoms with Crippen LogP contribution in [0.4, 0.5) is 26.3 Å². The Hall–Kier alpha value is -2.29. The van der Waals surface area contributed by atoms with Gasteiger partial charge in [0.2, 0.25) is 0 Å². The van der Waals surface area contributed by atoms with Crippen molar-refractivity contribution in [3.8, 4) is 5.75 Å². The van der Waals surface area contributed by atoms with Crippen LogP contribution in [0.15, 0.2) is 24.3 Å². The fourth-order valence-electron chi connectivity index (χ4n) is 4.19. The number of carboxylic acids is 2. The SMILES string of the molecule is COC[C@H]1CN(C)C[C@@]12CCN(CCOc1ccc(Cl)cc1)C2.O=C(O)C(F)(F)F.O=C(O)C(F)(F)F. The standard InChI is InChI=1S/C18H27ClN2O2.2C2HF3O2/c1-20-11-15(12-22-2)18(13-20)7-8-21(14-18)9-10-23-17-5-3-16(19)4-6-17;2*3-2(4,5)1(6)7/h3-6,15H,7-14H2,1-2H3;2*(H,6,7)/t15-,18-;;/m1../s1. The predicted octanol–water partition coefficient (Wildman–Crippen LogP) is 3.89. The largest absolute Gasteiger partial charge is 0.492 e. The highest BCUT2D eigenvalue weighted by Gasteiger charge is 2.49. The second-order valence-electron chi connectivity index (χ2n) is 8.65. The minimum absolute atomic E-state index is 0.408. The van der Waals surface area contributed by atoms with E-state index in [1.807, 2.05) is 31.4 Å². The first-order valence-electron chi connectivity index (χ1n) is 10.9. The fraction of sp³-hybridized carbons (Fsp3) is 0.636. The summed E-state index contributed by atoms with van der Waals surface area (Å²) >= 11 is 5.89. The molecule has 2 saturated heterocycles. The molecule has 0 bridgehead atoms. The first-order chi connectivity index (χ1) is 17.0. The number of methoxy groups -OCH3 is 1. The zero-order chi connectivity index (χ0) is 28.4. The Morgan fingerprint density at radius 1 is 1.05 bits per heavy atom. The van der Waals surface area contributed by atoms with Gasteiger partial charge < -0.3 is 24.6 Å². The van der Waals surface area contributed by atoms with Crippen molar-refractivity contribution in [3.63, 3.8) is 0 Å². The highest BCUT2D eigenvalue weighted by atomic mass is 35.5. The van der Waals surface area contributed by atoms with Crippen molar-refractivity contribution in [2.24, 2.45) is 11.3 Å². The number of likely N-dealkylation sites (tertiary alicyclic amines) is 2. The van der Waals surface area contributed by atoms with Crippen molar-refractivity contribution in [1.82, 2.24) is 9.80 Å². The maximum Gasteiger partial charge on any atom is 0.490 e. The number of rotatable bonds is 6. The highest BCUT2D eigenvalue weighted by Crippen LogP contribution is 2.43. The van der Waals surface area contributed by atoms with Crippen molar-refractivity contribution in [2.75, 3.05) is 60.1 Å². The maximum atomic E-state index is 10.6. The van der Waals surface area contributed by atoms with Gasteiger partial charge in [-0.2, -0.15) is 26.3 Å². The minimum Gasteiger partial charge on any atom is -0.492 e. The molecule has 2 fully saturated rings. The molecule has 1 aromatic rings. The Balaban J connectivity index is 0.000000404. The number of aliphatic carboxylic acids is 2. The third kappa shape index (κ3) is 11.3. The highest BCUT2D eigenvalue weighted by molar-refractivity contribution is 6.30. The Morgan fingerprint density at radius 3 is 2.03 bits per heavy atom. The Morgan fingerprint density at radius 2 is 1.57 bits per heavy atom. The normalized spacial score (nSPS) is 22.1. The van der Waals surface area contributed by atoms with E-state index in [0.29, 0.717) is 11.3 Å². The summed E-state index contributed by atoms with van der Waals surface area (Å²) in [5.74, 6) is -3.97. The van der Waals surface area contributed by atoms with Crippen LogP contribution in [0, 0.1) is 11.3 Å². The minimum atomic E-state index is -5.08. The monoisotopic (exact) mass is 566 g/mol. The molecule has 0 unspecified atom stereocenters. The van der Waals surface area contributed by atoms with Crippen LogP contribution >= 0.6 is 11.6 Å². The van der Waals surface area contributed by atoms with Crippen molar-refractivity contribution < 1.29 is 55.6 Å². The molecule has 37 heavy (non-hydrogen) atoms. The van der Waals surface area contributed by atoms with Crippen LogP contribution in [0.25, 0.3) is 0 Å². The van der Waals surface area contributed by atoms with Crippen LogP contribution in [-0.2, 0) is 14.3 Å². The summed E-state index contributed by atoms with van der Waals surface area (Å²) in [6, 6.07) is 7.58. The van der Waals surface area contributed by atoms with E-state index in [4.69, 9.17) is 40.9 Å². The Kier molecular flexibility index (Phi) is 12.4. The molecule has 0 aromatic heterocycles. The number of carbonyl (C=O) groups is 2. The van der Waals surface area contributed by atoms with E-state index in [9.17, 15) is 26.3 Å². The van der Waals surface area contributed by atoms with Gasteiger partial charge in [-0.05, 0) is 44.3 Å². The molecule has 1 spiro atoms. The third-order valence-corrected chi connectivity index (χ3v) is 6.04. The van der Waals surface area contributed by atoms with E-state index >= 15 is 0 Å². The summed E-state index contributed by atoms with van der Waals surface area (Å²) in [5.41, 5.74) is 0.408. The summed E-state index contributed by atoms with van der Waals surface area (Å²) in [5, 5.41) is 15.0. The second-order valence-corrected chi connectivity index (χ2v) is 9.08. The lowest BCUT2D eigenvalue weighted by molar-refractivity contribution is -0.193. The van der Waals surface area contributed by atoms with Gasteiger partial charge in [-0.3, -0.25) is 4.90 Å². The van der Waals surface area contributed by atoms with Gasteiger partial charge in [-0.15, -0.1) is 0 Å². The second kappa shape index (κ2) is 14.0. The lowest BCUT2D eigenvalue weighted by Crippen LogP contribution is -2.37. The first-order valence-corrected chi connectivity index (χ1v) is 11.3. The van der Waals surface area contributed by atoms with E-state index in [2.05, 4.69) is 16.8 Å². The van der Waals surface area contributed by atoms with Gasteiger partial charge in [0, 0.05) is 49.6 Å². The average molecular weight is 567 g/mol. The molecule has 1 aromatic carbocycles. The average Bonchev–Trinajstić information content (AvgIpc) is 3.31. The smallest absolute Gasteiger partial charge is 0.490 e. The third-order valence-electron chi connectivity index (χ3n) is 5.79. The van der Waals surface area contributed by atoms with Crippen LogP contribution < -0.4 is 4.74 Å². The molecule has 2 N–H and O–H groups in total. The van der Waals surface area contributed by atoms with E-state index < -0.39 is 24.3 Å². The van der Waals surface area contributed by atoms with Crippen LogP contribution in [0.5, 0.6) is 5.75 Å². The van der Waals surface area contributed by atoms with Gasteiger partial charge in [0.25, 0.3) is 0 Å². The van der Waals surface area contributed by atoms with Gasteiger partial charge in [0.05, 0.1) is 6.61 Å². The molecule has 212 valence electrons. The van der Waals surface area contributed by atoms with Crippen molar-refractivity contribution in [1.29, 1.82) is 0 Å². The summed E-state index contributed by atoms with van der Waals surface area (Å²) in [6.07, 6.45) is -8.90. The summed E-state index contributed by atoms with van der Waals surface area (Å²) < 4.78 is 74.8. The zero-order valence-corrected chi connectivity index (χ0v) is 20.9. The number of nitrogens with zero attached hydrogens (tertiary/aromatic N) is 2. The van der Waals surface area contributed by atoms with Crippen LogP contribution in [0.3, 0.4) is 0 Å². The van der Waals surface area contributed by atoms with Crippen molar-refractivity contribution in [3.05, 3.63) is 29.3 Å². The number of benzene rings is 1. The van der Waals surface area contributed by atoms with Crippen molar-refractivity contribution >= 4 is 23.5 Å². The van der Waals surface area contributed by atoms with E-state index in [1.165, 1.54) is 13.0 Å². The molecular weight excluding hydrogens is 538 g/mol. The number of alkyl halides is 6. The molecule has 2 heterocycles. The van der Waals surface area contributed by atoms with Gasteiger partial charge in [0.1, 0.15) is 12.4 Å². The number of hydrogen-bond donors (Lipinski definition) is 2. The van der Waals surface area contributed by atoms with Gasteiger partial charge in [0.15, 0.2) is 0 Å². The van der Waals surface area contributed by atoms with Crippen LogP contribution in [-0.4, -0.2) is 104 Å². The molecular formula is C22H29ClF6N2O6. The number of ether oxygens (including phenoxy) is 2. The molecule has 0 amide bonds. The molecule has 3 rings (SSSR count). The van der Waals surface area contributed by atoms with E-state index in [1.54, 1.807) is 0 Å². The summed E-state index contributed by atoms with van der Waals surface area (Å²) in [6.45, 7) is 7.25. The molecule has 2 aliphatic rings. The maximum absolute atomic E-state index is 10.6. The van der Waals surface area contributed by atoms with Gasteiger partial charge >= 0.3 is 24.3 Å². The number of halogens is 7. The summed E-state index contributed by atoms with van der Waals surface area (Å²) in [7, 11) is 4.04. The zero-order valence-electron chi connectivity index (χ0n) is 20.1. The molecule has 2 atom stereocenters. The lowest BCUT2D eigenvalue weighted by atomic mass is 9.78.